The van der Waals surface area contributed by atoms with Crippen molar-refractivity contribution in [2.45, 2.75) is 69.4 Å². The Bertz CT molecular complexity index is 1160. The molecule has 3 N–H and O–H groups in total. The van der Waals surface area contributed by atoms with Gasteiger partial charge in [-0.15, -0.1) is 0 Å². The van der Waals surface area contributed by atoms with Crippen LogP contribution in [0, 0.1) is 5.92 Å². The van der Waals surface area contributed by atoms with Gasteiger partial charge in [-0.1, -0.05) is 49.6 Å². The number of nitrogens with two attached hydrogens (primary N) is 1. The molecule has 1 saturated carbocycles. The third kappa shape index (κ3) is 6.35. The lowest BCUT2D eigenvalue weighted by atomic mass is 9.75. The predicted octanol–water partition coefficient (Wildman–Crippen LogP) is 4.10. The van der Waals surface area contributed by atoms with Crippen molar-refractivity contribution in [3.05, 3.63) is 53.6 Å². The highest BCUT2D eigenvalue weighted by molar-refractivity contribution is 5.94. The molecule has 1 aliphatic heterocycles. The van der Waals surface area contributed by atoms with Gasteiger partial charge >= 0.3 is 0 Å². The molecular formula is C31H41N3O6. The van der Waals surface area contributed by atoms with Crippen LogP contribution in [0.4, 0.5) is 0 Å². The Morgan fingerprint density at radius 3 is 2.05 bits per heavy atom. The first kappa shape index (κ1) is 29.2. The Labute approximate surface area is 236 Å². The number of hydrogen-bond donors (Lipinski definition) is 2. The van der Waals surface area contributed by atoms with Gasteiger partial charge in [-0.2, -0.15) is 0 Å². The maximum absolute atomic E-state index is 14.5. The normalized spacial score (nSPS) is 19.3. The number of likely N-dealkylation sites (tertiary alicyclic amines) is 1. The zero-order valence-electron chi connectivity index (χ0n) is 23.7. The van der Waals surface area contributed by atoms with Crippen molar-refractivity contribution in [1.29, 1.82) is 0 Å². The molecule has 3 atom stereocenters. The molecule has 9 nitrogen and oxygen atoms in total. The molecule has 2 aromatic rings. The minimum atomic E-state index is -0.975. The fraction of sp³-hybridized carbons (Fsp3) is 0.516. The average molecular weight is 552 g/mol. The summed E-state index contributed by atoms with van der Waals surface area (Å²) in [7, 11) is 4.67. The third-order valence-corrected chi connectivity index (χ3v) is 8.23. The van der Waals surface area contributed by atoms with Gasteiger partial charge in [0.15, 0.2) is 11.5 Å². The summed E-state index contributed by atoms with van der Waals surface area (Å²) in [5.74, 6) is 0.00396. The smallest absolute Gasteiger partial charge is 0.244 e. The van der Waals surface area contributed by atoms with Crippen LogP contribution in [0.25, 0.3) is 0 Å². The molecule has 2 aromatic carbocycles. The molecule has 9 heteroatoms. The van der Waals surface area contributed by atoms with E-state index in [0.29, 0.717) is 35.8 Å². The topological polar surface area (TPSA) is 120 Å². The molecule has 1 heterocycles. The van der Waals surface area contributed by atoms with E-state index in [9.17, 15) is 14.4 Å². The summed E-state index contributed by atoms with van der Waals surface area (Å²) in [6, 6.07) is 11.0. The molecule has 0 radical (unpaired) electrons. The molecule has 1 unspecified atom stereocenters. The molecule has 0 spiro atoms. The fourth-order valence-corrected chi connectivity index (χ4v) is 6.21. The van der Waals surface area contributed by atoms with E-state index in [0.717, 1.165) is 50.5 Å². The minimum Gasteiger partial charge on any atom is -0.493 e. The van der Waals surface area contributed by atoms with Crippen LogP contribution in [-0.4, -0.2) is 56.5 Å². The number of benzene rings is 2. The first-order valence-electron chi connectivity index (χ1n) is 14.1. The van der Waals surface area contributed by atoms with Crippen LogP contribution in [0.5, 0.6) is 17.2 Å². The number of carbonyl (C=O) groups is 3. The number of piperidine rings is 1. The number of ether oxygens (including phenoxy) is 3. The molecule has 3 amide bonds. The number of primary amides is 1. The van der Waals surface area contributed by atoms with Gasteiger partial charge in [0.2, 0.25) is 23.5 Å². The number of nitrogens with zero attached hydrogens (tertiary/aromatic N) is 1. The van der Waals surface area contributed by atoms with Crippen LogP contribution in [0.3, 0.4) is 0 Å². The zero-order chi connectivity index (χ0) is 28.6. The Balaban J connectivity index is 1.67. The highest BCUT2D eigenvalue weighted by atomic mass is 16.5. The minimum absolute atomic E-state index is 0.0867. The molecule has 40 heavy (non-hydrogen) atoms. The largest absolute Gasteiger partial charge is 0.493 e. The first-order chi connectivity index (χ1) is 19.4. The first-order valence-corrected chi connectivity index (χ1v) is 14.1. The molecule has 4 rings (SSSR count). The lowest BCUT2D eigenvalue weighted by Crippen LogP contribution is -2.55. The summed E-state index contributed by atoms with van der Waals surface area (Å²) in [6.07, 6.45) is 7.25. The second kappa shape index (κ2) is 13.5. The van der Waals surface area contributed by atoms with Gasteiger partial charge in [0, 0.05) is 6.54 Å². The van der Waals surface area contributed by atoms with E-state index in [-0.39, 0.29) is 17.7 Å². The average Bonchev–Trinajstić information content (AvgIpc) is 3.00. The molecular weight excluding hydrogens is 510 g/mol. The SMILES string of the molecule is COc1cc([C@@H](C(=O)N2CCCCC2C(=O)N[C@@H](C(N)=O)c2ccccc2)C2CCCCC2)cc(OC)c1OC. The molecule has 1 aliphatic carbocycles. The van der Waals surface area contributed by atoms with Gasteiger partial charge in [0.05, 0.1) is 27.2 Å². The zero-order valence-corrected chi connectivity index (χ0v) is 23.7. The molecule has 0 aromatic heterocycles. The number of rotatable bonds is 10. The van der Waals surface area contributed by atoms with E-state index in [1.807, 2.05) is 18.2 Å². The maximum Gasteiger partial charge on any atom is 0.244 e. The standard InChI is InChI=1S/C31H41N3O6/c1-38-24-18-22(19-25(39-2)28(24)40-3)26(20-12-6-4-7-13-20)31(37)34-17-11-10-16-23(34)30(36)33-27(29(32)35)21-14-8-5-9-15-21/h5,8-9,14-15,18-20,23,26-27H,4,6-7,10-13,16-17H2,1-3H3,(H2,32,35)(H,33,36)/t23?,26-,27+/m0/s1. The maximum atomic E-state index is 14.5. The summed E-state index contributed by atoms with van der Waals surface area (Å²) in [4.78, 5) is 42.2. The summed E-state index contributed by atoms with van der Waals surface area (Å²) in [5.41, 5.74) is 7.07. The number of amides is 3. The quantitative estimate of drug-likeness (QED) is 0.459. The van der Waals surface area contributed by atoms with Crippen molar-refractivity contribution >= 4 is 17.7 Å². The van der Waals surface area contributed by atoms with Gasteiger partial charge < -0.3 is 30.2 Å². The molecule has 1 saturated heterocycles. The van der Waals surface area contributed by atoms with Crippen molar-refractivity contribution in [3.63, 3.8) is 0 Å². The Hall–Kier alpha value is -3.75. The van der Waals surface area contributed by atoms with Crippen molar-refractivity contribution < 1.29 is 28.6 Å². The van der Waals surface area contributed by atoms with Crippen LogP contribution in [-0.2, 0) is 14.4 Å². The van der Waals surface area contributed by atoms with E-state index in [2.05, 4.69) is 5.32 Å². The van der Waals surface area contributed by atoms with Crippen LogP contribution >= 0.6 is 0 Å². The van der Waals surface area contributed by atoms with Crippen LogP contribution < -0.4 is 25.3 Å². The van der Waals surface area contributed by atoms with Crippen LogP contribution in [0.2, 0.25) is 0 Å². The molecule has 2 aliphatic rings. The van der Waals surface area contributed by atoms with Crippen molar-refractivity contribution in [1.82, 2.24) is 10.2 Å². The predicted molar refractivity (Wildman–Crippen MR) is 151 cm³/mol. The van der Waals surface area contributed by atoms with E-state index in [4.69, 9.17) is 19.9 Å². The highest BCUT2D eigenvalue weighted by Crippen LogP contribution is 2.45. The van der Waals surface area contributed by atoms with E-state index in [1.165, 1.54) is 0 Å². The number of nitrogens with one attached hydrogen (secondary N) is 1. The van der Waals surface area contributed by atoms with Gasteiger partial charge in [0.25, 0.3) is 0 Å². The van der Waals surface area contributed by atoms with E-state index in [1.54, 1.807) is 50.5 Å². The van der Waals surface area contributed by atoms with E-state index >= 15 is 0 Å². The van der Waals surface area contributed by atoms with Crippen molar-refractivity contribution in [2.75, 3.05) is 27.9 Å². The summed E-state index contributed by atoms with van der Waals surface area (Å²) in [5, 5.41) is 2.83. The van der Waals surface area contributed by atoms with Crippen LogP contribution in [0.1, 0.15) is 74.5 Å². The molecule has 2 fully saturated rings. The van der Waals surface area contributed by atoms with Gasteiger partial charge in [0.1, 0.15) is 12.1 Å². The lowest BCUT2D eigenvalue weighted by Gasteiger charge is -2.40. The third-order valence-electron chi connectivity index (χ3n) is 8.23. The van der Waals surface area contributed by atoms with Crippen molar-refractivity contribution in [3.8, 4) is 17.2 Å². The van der Waals surface area contributed by atoms with Gasteiger partial charge in [-0.25, -0.2) is 0 Å². The number of carbonyl (C=O) groups excluding carboxylic acids is 3. The van der Waals surface area contributed by atoms with Gasteiger partial charge in [-0.3, -0.25) is 14.4 Å². The van der Waals surface area contributed by atoms with Crippen LogP contribution in [0.15, 0.2) is 42.5 Å². The lowest BCUT2D eigenvalue weighted by molar-refractivity contribution is -0.145. The Morgan fingerprint density at radius 1 is 0.850 bits per heavy atom. The summed E-state index contributed by atoms with van der Waals surface area (Å²) < 4.78 is 16.7. The molecule has 0 bridgehead atoms. The fourth-order valence-electron chi connectivity index (χ4n) is 6.21. The van der Waals surface area contributed by atoms with Gasteiger partial charge in [-0.05, 0) is 61.3 Å². The molecule has 216 valence electrons. The second-order valence-corrected chi connectivity index (χ2v) is 10.6. The Kier molecular flexibility index (Phi) is 9.90. The summed E-state index contributed by atoms with van der Waals surface area (Å²) >= 11 is 0. The van der Waals surface area contributed by atoms with Crippen molar-refractivity contribution in [2.24, 2.45) is 11.7 Å². The Morgan fingerprint density at radius 2 is 1.48 bits per heavy atom. The second-order valence-electron chi connectivity index (χ2n) is 10.6. The monoisotopic (exact) mass is 551 g/mol. The van der Waals surface area contributed by atoms with E-state index < -0.39 is 23.9 Å². The highest BCUT2D eigenvalue weighted by Gasteiger charge is 2.41. The summed E-state index contributed by atoms with van der Waals surface area (Å²) in [6.45, 7) is 0.469. The number of methoxy groups -OCH3 is 3. The number of hydrogen-bond acceptors (Lipinski definition) is 6.